The molecule has 22 heavy (non-hydrogen) atoms. The highest BCUT2D eigenvalue weighted by atomic mass is 32.2. The third-order valence-corrected chi connectivity index (χ3v) is 6.02. The number of benzene rings is 1. The van der Waals surface area contributed by atoms with E-state index in [1.54, 1.807) is 23.5 Å². The average molecular weight is 332 g/mol. The minimum absolute atomic E-state index is 0.166. The molecule has 0 amide bonds. The summed E-state index contributed by atoms with van der Waals surface area (Å²) < 4.78 is 13.0. The van der Waals surface area contributed by atoms with Crippen LogP contribution < -0.4 is 14.5 Å². The van der Waals surface area contributed by atoms with Crippen molar-refractivity contribution in [3.63, 3.8) is 0 Å². The van der Waals surface area contributed by atoms with E-state index >= 15 is 0 Å². The van der Waals surface area contributed by atoms with E-state index in [0.29, 0.717) is 6.79 Å². The fourth-order valence-corrected chi connectivity index (χ4v) is 5.04. The Kier molecular flexibility index (Phi) is 2.66. The Balaban J connectivity index is 1.57. The number of hydrogen-bond acceptors (Lipinski definition) is 7. The van der Waals surface area contributed by atoms with Gasteiger partial charge in [-0.1, -0.05) is 24.8 Å². The standard InChI is InChI=1S/C14H12N4O2S2/c1-2-11-15-16-14-17(11)18-12(22-14)6-21-13(18)8-3-4-9-10(5-8)20-7-19-9/h3-6,13H,2,7H2,1H3. The van der Waals surface area contributed by atoms with Crippen LogP contribution in [0.25, 0.3) is 0 Å². The van der Waals surface area contributed by atoms with Crippen molar-refractivity contribution >= 4 is 23.5 Å². The molecule has 1 atom stereocenters. The van der Waals surface area contributed by atoms with Crippen LogP contribution in [0.4, 0.5) is 0 Å². The number of thioether (sulfide) groups is 2. The van der Waals surface area contributed by atoms with E-state index in [0.717, 1.165) is 28.9 Å². The summed E-state index contributed by atoms with van der Waals surface area (Å²) in [6, 6.07) is 6.14. The van der Waals surface area contributed by atoms with Crippen LogP contribution >= 0.6 is 23.5 Å². The largest absolute Gasteiger partial charge is 0.454 e. The number of ether oxygens (including phenoxy) is 2. The second-order valence-electron chi connectivity index (χ2n) is 5.07. The Morgan fingerprint density at radius 1 is 1.27 bits per heavy atom. The van der Waals surface area contributed by atoms with Gasteiger partial charge in [-0.3, -0.25) is 5.01 Å². The first-order chi connectivity index (χ1) is 10.8. The Bertz CT molecular complexity index is 804. The Labute approximate surface area is 135 Å². The molecule has 6 nitrogen and oxygen atoms in total. The van der Waals surface area contributed by atoms with E-state index in [9.17, 15) is 0 Å². The molecule has 0 N–H and O–H groups in total. The molecule has 3 aliphatic rings. The second kappa shape index (κ2) is 4.60. The third kappa shape index (κ3) is 1.65. The van der Waals surface area contributed by atoms with Crippen molar-refractivity contribution in [3.05, 3.63) is 40.0 Å². The molecule has 1 unspecified atom stereocenters. The quantitative estimate of drug-likeness (QED) is 0.838. The molecule has 112 valence electrons. The summed E-state index contributed by atoms with van der Waals surface area (Å²) in [5.41, 5.74) is 1.18. The first-order valence-corrected chi connectivity index (χ1v) is 8.78. The van der Waals surface area contributed by atoms with Crippen LogP contribution in [0.5, 0.6) is 11.5 Å². The number of rotatable bonds is 2. The van der Waals surface area contributed by atoms with E-state index in [1.807, 2.05) is 6.07 Å². The molecule has 0 saturated carbocycles. The van der Waals surface area contributed by atoms with Crippen molar-refractivity contribution in [2.45, 2.75) is 23.9 Å². The fourth-order valence-electron chi connectivity index (χ4n) is 2.80. The van der Waals surface area contributed by atoms with Crippen molar-refractivity contribution in [1.29, 1.82) is 0 Å². The molecule has 1 aromatic carbocycles. The fraction of sp³-hybridized carbons (Fsp3) is 0.286. The SMILES string of the molecule is CCc1nnc2n1N1C(=CSC1c1ccc3c(c1)OCO3)S2. The van der Waals surface area contributed by atoms with Gasteiger partial charge in [-0.15, -0.1) is 10.2 Å². The Morgan fingerprint density at radius 2 is 2.18 bits per heavy atom. The maximum Gasteiger partial charge on any atom is 0.231 e. The van der Waals surface area contributed by atoms with Crippen LogP contribution in [0.1, 0.15) is 23.7 Å². The highest BCUT2D eigenvalue weighted by molar-refractivity contribution is 8.07. The zero-order chi connectivity index (χ0) is 14.7. The predicted octanol–water partition coefficient (Wildman–Crippen LogP) is 2.86. The maximum atomic E-state index is 5.51. The van der Waals surface area contributed by atoms with Crippen LogP contribution in [0.2, 0.25) is 0 Å². The number of aryl methyl sites for hydroxylation is 1. The molecular formula is C14H12N4O2S2. The van der Waals surface area contributed by atoms with Gasteiger partial charge in [0.1, 0.15) is 10.4 Å². The van der Waals surface area contributed by atoms with Crippen LogP contribution in [-0.4, -0.2) is 21.7 Å². The number of nitrogens with zero attached hydrogens (tertiary/aromatic N) is 4. The zero-order valence-corrected chi connectivity index (χ0v) is 13.4. The molecular weight excluding hydrogens is 320 g/mol. The van der Waals surface area contributed by atoms with Gasteiger partial charge in [-0.05, 0) is 29.5 Å². The monoisotopic (exact) mass is 332 g/mol. The lowest BCUT2D eigenvalue weighted by atomic mass is 10.2. The molecule has 0 radical (unpaired) electrons. The van der Waals surface area contributed by atoms with Gasteiger partial charge in [-0.2, -0.15) is 0 Å². The van der Waals surface area contributed by atoms with Gasteiger partial charge in [0.25, 0.3) is 0 Å². The third-order valence-electron chi connectivity index (χ3n) is 3.83. The normalized spacial score (nSPS) is 21.0. The van der Waals surface area contributed by atoms with Crippen LogP contribution in [0, 0.1) is 0 Å². The summed E-state index contributed by atoms with van der Waals surface area (Å²) in [6.07, 6.45) is 0.857. The van der Waals surface area contributed by atoms with Gasteiger partial charge in [0.15, 0.2) is 17.3 Å². The lowest BCUT2D eigenvalue weighted by molar-refractivity contribution is 0.174. The minimum atomic E-state index is 0.166. The lowest BCUT2D eigenvalue weighted by Crippen LogP contribution is -2.30. The van der Waals surface area contributed by atoms with Gasteiger partial charge in [-0.25, -0.2) is 4.68 Å². The first-order valence-electron chi connectivity index (χ1n) is 7.02. The van der Waals surface area contributed by atoms with Crippen molar-refractivity contribution in [2.75, 3.05) is 11.8 Å². The van der Waals surface area contributed by atoms with E-state index < -0.39 is 0 Å². The highest BCUT2D eigenvalue weighted by Crippen LogP contribution is 2.52. The summed E-state index contributed by atoms with van der Waals surface area (Å²) in [7, 11) is 0. The van der Waals surface area contributed by atoms with Gasteiger partial charge in [0, 0.05) is 11.8 Å². The zero-order valence-electron chi connectivity index (χ0n) is 11.7. The lowest BCUT2D eigenvalue weighted by Gasteiger charge is -2.25. The summed E-state index contributed by atoms with van der Waals surface area (Å²) in [6.45, 7) is 2.40. The molecule has 0 saturated heterocycles. The van der Waals surface area contributed by atoms with E-state index in [2.05, 4.69) is 44.3 Å². The van der Waals surface area contributed by atoms with E-state index in [1.165, 1.54) is 10.6 Å². The van der Waals surface area contributed by atoms with Crippen LogP contribution in [-0.2, 0) is 6.42 Å². The van der Waals surface area contributed by atoms with Crippen LogP contribution in [0.15, 0.2) is 33.8 Å². The molecule has 5 rings (SSSR count). The molecule has 8 heteroatoms. The summed E-state index contributed by atoms with van der Waals surface area (Å²) in [4.78, 5) is 0. The highest BCUT2D eigenvalue weighted by Gasteiger charge is 2.39. The molecule has 0 spiro atoms. The van der Waals surface area contributed by atoms with Gasteiger partial charge >= 0.3 is 0 Å². The maximum absolute atomic E-state index is 5.51. The summed E-state index contributed by atoms with van der Waals surface area (Å²) in [5, 5.41) is 15.3. The summed E-state index contributed by atoms with van der Waals surface area (Å²) in [5.74, 6) is 2.62. The molecule has 1 aromatic heterocycles. The smallest absolute Gasteiger partial charge is 0.231 e. The molecule has 0 bridgehead atoms. The number of hydrogen-bond donors (Lipinski definition) is 0. The minimum Gasteiger partial charge on any atom is -0.454 e. The average Bonchev–Trinajstić information content (AvgIpc) is 3.26. The van der Waals surface area contributed by atoms with Crippen molar-refractivity contribution in [3.8, 4) is 11.5 Å². The van der Waals surface area contributed by atoms with Crippen LogP contribution in [0.3, 0.4) is 0 Å². The summed E-state index contributed by atoms with van der Waals surface area (Å²) >= 11 is 3.46. The van der Waals surface area contributed by atoms with Crippen molar-refractivity contribution in [1.82, 2.24) is 14.9 Å². The molecule has 2 aromatic rings. The first kappa shape index (κ1) is 12.7. The van der Waals surface area contributed by atoms with Gasteiger partial charge in [0.2, 0.25) is 11.9 Å². The molecule has 4 heterocycles. The molecule has 0 aliphatic carbocycles. The van der Waals surface area contributed by atoms with E-state index in [4.69, 9.17) is 9.47 Å². The van der Waals surface area contributed by atoms with Gasteiger partial charge < -0.3 is 9.47 Å². The molecule has 3 aliphatic heterocycles. The molecule has 0 fully saturated rings. The Hall–Kier alpha value is -1.80. The van der Waals surface area contributed by atoms with Crippen molar-refractivity contribution < 1.29 is 9.47 Å². The number of fused-ring (bicyclic) bond motifs is 4. The number of aromatic nitrogens is 3. The van der Waals surface area contributed by atoms with Gasteiger partial charge in [0.05, 0.1) is 0 Å². The topological polar surface area (TPSA) is 52.4 Å². The second-order valence-corrected chi connectivity index (χ2v) is 7.01. The Morgan fingerprint density at radius 3 is 3.09 bits per heavy atom. The predicted molar refractivity (Wildman–Crippen MR) is 84.5 cm³/mol. The van der Waals surface area contributed by atoms with E-state index in [-0.39, 0.29) is 5.37 Å². The van der Waals surface area contributed by atoms with Crippen molar-refractivity contribution in [2.24, 2.45) is 0 Å².